The summed E-state index contributed by atoms with van der Waals surface area (Å²) in [5.41, 5.74) is 9.14. The molecule has 3 atom stereocenters. The number of benzene rings is 2. The highest BCUT2D eigenvalue weighted by atomic mass is 32.1. The number of nitrogens with zero attached hydrogens (tertiary/aromatic N) is 5. The number of hydrogen-bond acceptors (Lipinski definition) is 10. The van der Waals surface area contributed by atoms with Crippen LogP contribution in [0.1, 0.15) is 31.4 Å². The molecule has 0 bridgehead atoms. The number of rotatable bonds is 11. The molecule has 0 saturated carbocycles. The minimum atomic E-state index is -1.04. The Kier molecular flexibility index (Phi) is 10.3. The second-order valence-electron chi connectivity index (χ2n) is 12.6. The van der Waals surface area contributed by atoms with Gasteiger partial charge < -0.3 is 30.3 Å². The van der Waals surface area contributed by atoms with Crippen LogP contribution in [0.4, 0.5) is 14.3 Å². The maximum absolute atomic E-state index is 14.3. The number of piperazine rings is 1. The number of nitrogen functional groups attached to an aromatic ring is 1. The summed E-state index contributed by atoms with van der Waals surface area (Å²) in [6.45, 7) is 3.97. The highest BCUT2D eigenvalue weighted by Crippen LogP contribution is 2.33. The third-order valence-electron chi connectivity index (χ3n) is 8.93. The molecular formula is C35H40FN7O6S. The van der Waals surface area contributed by atoms with Crippen LogP contribution in [0.2, 0.25) is 0 Å². The van der Waals surface area contributed by atoms with Gasteiger partial charge in [-0.15, -0.1) is 0 Å². The Balaban J connectivity index is 1.28. The van der Waals surface area contributed by atoms with Gasteiger partial charge >= 0.3 is 12.0 Å². The molecule has 2 aromatic carbocycles. The number of amides is 4. The van der Waals surface area contributed by atoms with E-state index in [0.717, 1.165) is 26.9 Å². The average Bonchev–Trinajstić information content (AvgIpc) is 3.64. The van der Waals surface area contributed by atoms with E-state index in [1.165, 1.54) is 29.5 Å². The van der Waals surface area contributed by atoms with Crippen LogP contribution in [0.15, 0.2) is 66.3 Å². The maximum Gasteiger partial charge on any atom is 0.343 e. The summed E-state index contributed by atoms with van der Waals surface area (Å²) in [6, 6.07) is 11.1. The number of para-hydroxylation sites is 1. The molecule has 0 radical (unpaired) electrons. The number of alkyl halides is 1. The molecule has 3 aliphatic rings. The standard InChI is InChI=1S/C35H40FN7O6S/c1-21(2)43(35(47)38-16-23-7-11-25(36)12-8-23)41-19-30(44)42-27(15-22-9-13-26(14-10-22)49-20-31(45)48-3)33(46)40(18-29(41)42)17-24-5-4-6-28-32(24)39-34(37)50-28/h4-11,13-14,21,25,27,29H,12,15-20H2,1-3H3,(H2,37,39)(H,38,47)/t25?,27-,29+/m0/s1. The van der Waals surface area contributed by atoms with Crippen molar-refractivity contribution in [1.29, 1.82) is 0 Å². The Morgan fingerprint density at radius 1 is 1.18 bits per heavy atom. The lowest BCUT2D eigenvalue weighted by atomic mass is 9.99. The molecule has 4 amide bonds. The molecule has 15 heteroatoms. The predicted molar refractivity (Wildman–Crippen MR) is 185 cm³/mol. The first kappa shape index (κ1) is 34.8. The van der Waals surface area contributed by atoms with Gasteiger partial charge in [-0.25, -0.2) is 19.0 Å². The van der Waals surface area contributed by atoms with E-state index in [9.17, 15) is 23.6 Å². The molecule has 50 heavy (non-hydrogen) atoms. The molecule has 1 aliphatic carbocycles. The summed E-state index contributed by atoms with van der Waals surface area (Å²) < 4.78 is 24.6. The summed E-state index contributed by atoms with van der Waals surface area (Å²) in [4.78, 5) is 61.3. The number of hydrogen-bond donors (Lipinski definition) is 2. The van der Waals surface area contributed by atoms with Gasteiger partial charge in [0, 0.05) is 32.0 Å². The highest BCUT2D eigenvalue weighted by Gasteiger charge is 2.52. The van der Waals surface area contributed by atoms with Crippen molar-refractivity contribution in [2.24, 2.45) is 0 Å². The zero-order valence-corrected chi connectivity index (χ0v) is 28.9. The fraction of sp³-hybridized carbons (Fsp3) is 0.400. The first-order valence-corrected chi connectivity index (χ1v) is 17.2. The van der Waals surface area contributed by atoms with E-state index in [0.29, 0.717) is 10.9 Å². The van der Waals surface area contributed by atoms with Crippen molar-refractivity contribution in [1.82, 2.24) is 30.1 Å². The number of nitrogens with two attached hydrogens (primary N) is 1. The first-order chi connectivity index (χ1) is 24.0. The van der Waals surface area contributed by atoms with Crippen molar-refractivity contribution in [2.75, 3.05) is 39.1 Å². The second-order valence-corrected chi connectivity index (χ2v) is 13.7. The molecule has 6 rings (SSSR count). The van der Waals surface area contributed by atoms with E-state index >= 15 is 0 Å². The molecule has 13 nitrogen and oxygen atoms in total. The average molecular weight is 706 g/mol. The lowest BCUT2D eigenvalue weighted by molar-refractivity contribution is -0.158. The van der Waals surface area contributed by atoms with Crippen molar-refractivity contribution in [3.8, 4) is 5.75 Å². The Labute approximate surface area is 293 Å². The number of allylic oxidation sites excluding steroid dienone is 2. The quantitative estimate of drug-likeness (QED) is 0.286. The summed E-state index contributed by atoms with van der Waals surface area (Å²) >= 11 is 1.37. The van der Waals surface area contributed by atoms with Crippen LogP contribution in [0.3, 0.4) is 0 Å². The number of carbonyl (C=O) groups is 4. The predicted octanol–water partition coefficient (Wildman–Crippen LogP) is 3.41. The number of urea groups is 1. The van der Waals surface area contributed by atoms with E-state index in [-0.39, 0.29) is 63.5 Å². The van der Waals surface area contributed by atoms with Gasteiger partial charge in [-0.1, -0.05) is 53.8 Å². The fourth-order valence-corrected chi connectivity index (χ4v) is 7.32. The van der Waals surface area contributed by atoms with Gasteiger partial charge in [0.15, 0.2) is 11.7 Å². The van der Waals surface area contributed by atoms with Crippen LogP contribution < -0.4 is 15.8 Å². The van der Waals surface area contributed by atoms with E-state index in [1.807, 2.05) is 32.0 Å². The van der Waals surface area contributed by atoms with E-state index in [1.54, 1.807) is 51.2 Å². The normalized spacial score (nSPS) is 20.7. The van der Waals surface area contributed by atoms with Crippen molar-refractivity contribution < 1.29 is 33.0 Å². The highest BCUT2D eigenvalue weighted by molar-refractivity contribution is 7.22. The molecular weight excluding hydrogens is 665 g/mol. The number of fused-ring (bicyclic) bond motifs is 2. The van der Waals surface area contributed by atoms with Gasteiger partial charge in [-0.05, 0) is 48.7 Å². The van der Waals surface area contributed by atoms with Crippen molar-refractivity contribution in [3.05, 3.63) is 77.4 Å². The molecule has 2 fully saturated rings. The smallest absolute Gasteiger partial charge is 0.343 e. The molecule has 3 N–H and O–H groups in total. The summed E-state index contributed by atoms with van der Waals surface area (Å²) in [5.74, 6) is -0.561. The number of hydrazine groups is 1. The van der Waals surface area contributed by atoms with Gasteiger partial charge in [-0.2, -0.15) is 5.01 Å². The minimum absolute atomic E-state index is 0.0987. The largest absolute Gasteiger partial charge is 0.482 e. The molecule has 2 saturated heterocycles. The van der Waals surface area contributed by atoms with Crippen molar-refractivity contribution in [3.63, 3.8) is 0 Å². The fourth-order valence-electron chi connectivity index (χ4n) is 6.54. The number of nitrogens with one attached hydrogen (secondary N) is 1. The number of aromatic nitrogens is 1. The monoisotopic (exact) mass is 705 g/mol. The number of carbonyl (C=O) groups excluding carboxylic acids is 4. The van der Waals surface area contributed by atoms with Crippen LogP contribution in [-0.4, -0.2) is 106 Å². The Morgan fingerprint density at radius 3 is 2.66 bits per heavy atom. The van der Waals surface area contributed by atoms with Crippen LogP contribution in [0.25, 0.3) is 10.2 Å². The van der Waals surface area contributed by atoms with Gasteiger partial charge in [0.05, 0.1) is 30.4 Å². The lowest BCUT2D eigenvalue weighted by Gasteiger charge is -2.47. The summed E-state index contributed by atoms with van der Waals surface area (Å²) in [6.07, 6.45) is 3.68. The Morgan fingerprint density at radius 2 is 1.96 bits per heavy atom. The summed E-state index contributed by atoms with van der Waals surface area (Å²) in [7, 11) is 1.28. The van der Waals surface area contributed by atoms with Gasteiger partial charge in [0.2, 0.25) is 11.8 Å². The number of esters is 1. The topological polar surface area (TPSA) is 151 Å². The van der Waals surface area contributed by atoms with E-state index < -0.39 is 30.4 Å². The van der Waals surface area contributed by atoms with E-state index in [2.05, 4.69) is 15.0 Å². The third-order valence-corrected chi connectivity index (χ3v) is 9.78. The lowest BCUT2D eigenvalue weighted by Crippen LogP contribution is -2.66. The molecule has 3 heterocycles. The van der Waals surface area contributed by atoms with Gasteiger partial charge in [-0.3, -0.25) is 14.6 Å². The van der Waals surface area contributed by atoms with Crippen molar-refractivity contribution >= 4 is 50.5 Å². The molecule has 1 aromatic heterocycles. The SMILES string of the molecule is COC(=O)COc1ccc(C[C@H]2C(=O)N(Cc3cccc4sc(N)nc34)C[C@H]3N2C(=O)CN3N(C(=O)NCC2=CCC(F)C=C2)C(C)C)cc1. The molecule has 264 valence electrons. The first-order valence-electron chi connectivity index (χ1n) is 16.4. The molecule has 3 aromatic rings. The third kappa shape index (κ3) is 7.43. The van der Waals surface area contributed by atoms with E-state index in [4.69, 9.17) is 10.5 Å². The van der Waals surface area contributed by atoms with Crippen LogP contribution >= 0.6 is 11.3 Å². The number of methoxy groups -OCH3 is 1. The zero-order chi connectivity index (χ0) is 35.5. The zero-order valence-electron chi connectivity index (χ0n) is 28.1. The number of ether oxygens (including phenoxy) is 2. The van der Waals surface area contributed by atoms with Crippen molar-refractivity contribution in [2.45, 2.75) is 57.7 Å². The summed E-state index contributed by atoms with van der Waals surface area (Å²) in [5, 5.41) is 6.63. The Hall–Kier alpha value is -5.02. The molecule has 0 spiro atoms. The van der Waals surface area contributed by atoms with Gasteiger partial charge in [0.25, 0.3) is 0 Å². The molecule has 1 unspecified atom stereocenters. The van der Waals surface area contributed by atoms with Crippen LogP contribution in [0, 0.1) is 0 Å². The molecule has 2 aliphatic heterocycles. The van der Waals surface area contributed by atoms with Gasteiger partial charge in [0.1, 0.15) is 24.1 Å². The number of thiazole rings is 1. The second kappa shape index (κ2) is 14.8. The Bertz CT molecular complexity index is 1830. The number of anilines is 1. The number of halogens is 1. The maximum atomic E-state index is 14.3. The van der Waals surface area contributed by atoms with Crippen LogP contribution in [0.5, 0.6) is 5.75 Å². The minimum Gasteiger partial charge on any atom is -0.482 e. The van der Waals surface area contributed by atoms with Crippen LogP contribution in [-0.2, 0) is 32.1 Å².